The molecule has 0 aromatic carbocycles. The van der Waals surface area contributed by atoms with E-state index in [2.05, 4.69) is 9.97 Å². The minimum Gasteiger partial charge on any atom is -0.382 e. The number of carbonyl (C=O) groups excluding carboxylic acids is 1. The highest BCUT2D eigenvalue weighted by atomic mass is 16.2. The molecule has 5 nitrogen and oxygen atoms in total. The molecule has 1 fully saturated rings. The van der Waals surface area contributed by atoms with Crippen LogP contribution in [0.4, 0.5) is 5.82 Å². The summed E-state index contributed by atoms with van der Waals surface area (Å²) in [6.07, 6.45) is 8.72. The van der Waals surface area contributed by atoms with Crippen LogP contribution < -0.4 is 5.73 Å². The second kappa shape index (κ2) is 5.12. The maximum Gasteiger partial charge on any atom is 0.274 e. The highest BCUT2D eigenvalue weighted by molar-refractivity contribution is 5.92. The molecule has 17 heavy (non-hydrogen) atoms. The lowest BCUT2D eigenvalue weighted by atomic mass is 9.94. The van der Waals surface area contributed by atoms with Crippen molar-refractivity contribution in [1.29, 1.82) is 0 Å². The van der Waals surface area contributed by atoms with E-state index >= 15 is 0 Å². The summed E-state index contributed by atoms with van der Waals surface area (Å²) in [5, 5.41) is 0. The van der Waals surface area contributed by atoms with Gasteiger partial charge in [0.15, 0.2) is 0 Å². The van der Waals surface area contributed by atoms with Gasteiger partial charge in [0.05, 0.1) is 12.4 Å². The molecule has 0 atom stereocenters. The van der Waals surface area contributed by atoms with Crippen LogP contribution in [0.1, 0.15) is 42.6 Å². The first-order valence-corrected chi connectivity index (χ1v) is 6.03. The monoisotopic (exact) mass is 234 g/mol. The second-order valence-corrected chi connectivity index (χ2v) is 4.53. The molecule has 0 aliphatic heterocycles. The van der Waals surface area contributed by atoms with E-state index in [1.165, 1.54) is 31.7 Å². The molecule has 0 spiro atoms. The van der Waals surface area contributed by atoms with Crippen LogP contribution in [-0.2, 0) is 0 Å². The lowest BCUT2D eigenvalue weighted by Gasteiger charge is -2.30. The van der Waals surface area contributed by atoms with E-state index in [0.29, 0.717) is 17.6 Å². The molecule has 1 aromatic rings. The number of nitrogens with two attached hydrogens (primary N) is 1. The molecule has 0 unspecified atom stereocenters. The fourth-order valence-electron chi connectivity index (χ4n) is 2.26. The fourth-order valence-corrected chi connectivity index (χ4v) is 2.26. The summed E-state index contributed by atoms with van der Waals surface area (Å²) in [4.78, 5) is 21.8. The summed E-state index contributed by atoms with van der Waals surface area (Å²) in [6.45, 7) is 0. The first-order valence-electron chi connectivity index (χ1n) is 6.03. The van der Waals surface area contributed by atoms with Gasteiger partial charge in [-0.05, 0) is 12.8 Å². The summed E-state index contributed by atoms with van der Waals surface area (Å²) in [5.74, 6) is 0.270. The first-order chi connectivity index (χ1) is 8.18. The molecule has 1 saturated carbocycles. The van der Waals surface area contributed by atoms with Crippen LogP contribution in [0.2, 0.25) is 0 Å². The molecule has 1 aromatic heterocycles. The van der Waals surface area contributed by atoms with E-state index in [4.69, 9.17) is 5.73 Å². The molecule has 0 radical (unpaired) electrons. The van der Waals surface area contributed by atoms with Crippen LogP contribution in [0.5, 0.6) is 0 Å². The standard InChI is InChI=1S/C12H18N4O/c1-16(9-5-3-2-4-6-9)12(17)10-7-15-11(13)8-14-10/h7-9H,2-6H2,1H3,(H2,13,15). The van der Waals surface area contributed by atoms with Gasteiger partial charge >= 0.3 is 0 Å². The number of nitrogens with zero attached hydrogens (tertiary/aromatic N) is 3. The minimum absolute atomic E-state index is 0.0654. The summed E-state index contributed by atoms with van der Waals surface area (Å²) < 4.78 is 0. The predicted octanol–water partition coefficient (Wildman–Crippen LogP) is 1.46. The van der Waals surface area contributed by atoms with E-state index in [9.17, 15) is 4.79 Å². The van der Waals surface area contributed by atoms with Crippen LogP contribution in [0, 0.1) is 0 Å². The van der Waals surface area contributed by atoms with Crippen molar-refractivity contribution in [2.24, 2.45) is 0 Å². The van der Waals surface area contributed by atoms with Gasteiger partial charge in [0.25, 0.3) is 5.91 Å². The molecule has 2 rings (SSSR count). The van der Waals surface area contributed by atoms with Gasteiger partial charge in [-0.2, -0.15) is 0 Å². The number of hydrogen-bond acceptors (Lipinski definition) is 4. The van der Waals surface area contributed by atoms with Crippen LogP contribution in [0.15, 0.2) is 12.4 Å². The zero-order valence-corrected chi connectivity index (χ0v) is 10.1. The van der Waals surface area contributed by atoms with Crippen LogP contribution in [0.3, 0.4) is 0 Å². The molecule has 1 heterocycles. The maximum atomic E-state index is 12.1. The van der Waals surface area contributed by atoms with Crippen molar-refractivity contribution in [1.82, 2.24) is 14.9 Å². The van der Waals surface area contributed by atoms with Gasteiger partial charge in [0.1, 0.15) is 11.5 Å². The van der Waals surface area contributed by atoms with Gasteiger partial charge in [-0.3, -0.25) is 4.79 Å². The second-order valence-electron chi connectivity index (χ2n) is 4.53. The Hall–Kier alpha value is -1.65. The summed E-state index contributed by atoms with van der Waals surface area (Å²) in [6, 6.07) is 0.343. The first kappa shape index (κ1) is 11.8. The Morgan fingerprint density at radius 2 is 2.00 bits per heavy atom. The Morgan fingerprint density at radius 1 is 1.29 bits per heavy atom. The van der Waals surface area contributed by atoms with Crippen LogP contribution >= 0.6 is 0 Å². The quantitative estimate of drug-likeness (QED) is 0.841. The highest BCUT2D eigenvalue weighted by Gasteiger charge is 2.23. The van der Waals surface area contributed by atoms with E-state index in [-0.39, 0.29) is 5.91 Å². The normalized spacial score (nSPS) is 16.8. The molecular formula is C12H18N4O. The SMILES string of the molecule is CN(C(=O)c1cnc(N)cn1)C1CCCCC1. The van der Waals surface area contributed by atoms with Crippen LogP contribution in [0.25, 0.3) is 0 Å². The van der Waals surface area contributed by atoms with E-state index < -0.39 is 0 Å². The van der Waals surface area contributed by atoms with E-state index in [1.807, 2.05) is 7.05 Å². The number of rotatable bonds is 2. The van der Waals surface area contributed by atoms with Crippen LogP contribution in [-0.4, -0.2) is 33.9 Å². The van der Waals surface area contributed by atoms with Gasteiger partial charge in [0.2, 0.25) is 0 Å². The topological polar surface area (TPSA) is 72.1 Å². The molecule has 2 N–H and O–H groups in total. The van der Waals surface area contributed by atoms with Crippen molar-refractivity contribution in [2.75, 3.05) is 12.8 Å². The third-order valence-electron chi connectivity index (χ3n) is 3.33. The van der Waals surface area contributed by atoms with Crippen molar-refractivity contribution in [3.8, 4) is 0 Å². The Morgan fingerprint density at radius 3 is 2.59 bits per heavy atom. The third-order valence-corrected chi connectivity index (χ3v) is 3.33. The zero-order valence-electron chi connectivity index (χ0n) is 10.1. The maximum absolute atomic E-state index is 12.1. The number of nitrogen functional groups attached to an aromatic ring is 1. The average molecular weight is 234 g/mol. The summed E-state index contributed by atoms with van der Waals surface area (Å²) in [7, 11) is 1.84. The molecule has 1 amide bonds. The Balaban J connectivity index is 2.05. The molecule has 92 valence electrons. The number of aromatic nitrogens is 2. The van der Waals surface area contributed by atoms with Crippen molar-refractivity contribution >= 4 is 11.7 Å². The molecule has 0 bridgehead atoms. The lowest BCUT2D eigenvalue weighted by Crippen LogP contribution is -2.38. The van der Waals surface area contributed by atoms with E-state index in [1.54, 1.807) is 4.90 Å². The number of hydrogen-bond donors (Lipinski definition) is 1. The number of carbonyl (C=O) groups is 1. The molecule has 0 saturated heterocycles. The zero-order chi connectivity index (χ0) is 12.3. The van der Waals surface area contributed by atoms with Crippen molar-refractivity contribution in [3.63, 3.8) is 0 Å². The van der Waals surface area contributed by atoms with Crippen molar-refractivity contribution < 1.29 is 4.79 Å². The van der Waals surface area contributed by atoms with Crippen molar-refractivity contribution in [3.05, 3.63) is 18.1 Å². The Labute approximate surface area is 101 Å². The van der Waals surface area contributed by atoms with Gasteiger partial charge in [-0.25, -0.2) is 9.97 Å². The fraction of sp³-hybridized carbons (Fsp3) is 0.583. The molecule has 5 heteroatoms. The molecule has 1 aliphatic rings. The third kappa shape index (κ3) is 2.72. The molecule has 1 aliphatic carbocycles. The van der Waals surface area contributed by atoms with Gasteiger partial charge in [-0.1, -0.05) is 19.3 Å². The number of amides is 1. The summed E-state index contributed by atoms with van der Waals surface area (Å²) in [5.41, 5.74) is 5.82. The van der Waals surface area contributed by atoms with Gasteiger partial charge in [0, 0.05) is 13.1 Å². The molecular weight excluding hydrogens is 216 g/mol. The highest BCUT2D eigenvalue weighted by Crippen LogP contribution is 2.22. The Kier molecular flexibility index (Phi) is 3.56. The summed E-state index contributed by atoms with van der Waals surface area (Å²) >= 11 is 0. The van der Waals surface area contributed by atoms with Gasteiger partial charge < -0.3 is 10.6 Å². The number of anilines is 1. The Bertz CT molecular complexity index is 384. The predicted molar refractivity (Wildman–Crippen MR) is 65.4 cm³/mol. The van der Waals surface area contributed by atoms with Crippen molar-refractivity contribution in [2.45, 2.75) is 38.1 Å². The smallest absolute Gasteiger partial charge is 0.274 e. The van der Waals surface area contributed by atoms with E-state index in [0.717, 1.165) is 12.8 Å². The minimum atomic E-state index is -0.0654. The largest absolute Gasteiger partial charge is 0.382 e. The lowest BCUT2D eigenvalue weighted by molar-refractivity contribution is 0.0690. The average Bonchev–Trinajstić information content (AvgIpc) is 2.39. The van der Waals surface area contributed by atoms with Gasteiger partial charge in [-0.15, -0.1) is 0 Å².